The zero-order valence-corrected chi connectivity index (χ0v) is 16.9. The molecule has 0 aliphatic rings. The molecule has 0 radical (unpaired) electrons. The molecular formula is C14H11Br4NO. The van der Waals surface area contributed by atoms with Gasteiger partial charge in [-0.05, 0) is 83.7 Å². The molecule has 2 nitrogen and oxygen atoms in total. The fraction of sp³-hybridized carbons (Fsp3) is 0.143. The summed E-state index contributed by atoms with van der Waals surface area (Å²) in [7, 11) is 1.65. The summed E-state index contributed by atoms with van der Waals surface area (Å²) < 4.78 is 9.24. The van der Waals surface area contributed by atoms with E-state index in [0.717, 1.165) is 41.4 Å². The topological polar surface area (TPSA) is 21.3 Å². The van der Waals surface area contributed by atoms with E-state index < -0.39 is 0 Å². The van der Waals surface area contributed by atoms with E-state index in [1.165, 1.54) is 0 Å². The molecule has 0 aliphatic heterocycles. The fourth-order valence-corrected chi connectivity index (χ4v) is 4.09. The van der Waals surface area contributed by atoms with Crippen LogP contribution in [0, 0.1) is 0 Å². The lowest BCUT2D eigenvalue weighted by atomic mass is 10.2. The number of hydrogen-bond acceptors (Lipinski definition) is 2. The molecule has 2 rings (SSSR count). The van der Waals surface area contributed by atoms with Crippen LogP contribution in [0.1, 0.15) is 5.56 Å². The highest BCUT2D eigenvalue weighted by Crippen LogP contribution is 2.35. The second kappa shape index (κ2) is 7.29. The number of nitrogens with one attached hydrogen (secondary N) is 1. The van der Waals surface area contributed by atoms with E-state index in [2.05, 4.69) is 69.0 Å². The third-order valence-corrected chi connectivity index (χ3v) is 5.04. The number of halogens is 4. The minimum absolute atomic E-state index is 0.718. The Balaban J connectivity index is 2.17. The normalized spacial score (nSPS) is 10.4. The van der Waals surface area contributed by atoms with E-state index >= 15 is 0 Å². The van der Waals surface area contributed by atoms with E-state index in [4.69, 9.17) is 4.74 Å². The molecule has 0 saturated heterocycles. The molecule has 0 saturated carbocycles. The lowest BCUT2D eigenvalue weighted by Crippen LogP contribution is -2.01. The van der Waals surface area contributed by atoms with Gasteiger partial charge in [-0.3, -0.25) is 0 Å². The van der Waals surface area contributed by atoms with Crippen LogP contribution in [-0.4, -0.2) is 7.11 Å². The van der Waals surface area contributed by atoms with Crippen molar-refractivity contribution in [3.8, 4) is 5.75 Å². The number of anilines is 1. The molecule has 0 heterocycles. The van der Waals surface area contributed by atoms with Crippen molar-refractivity contribution in [2.75, 3.05) is 12.4 Å². The Kier molecular flexibility index (Phi) is 5.95. The molecule has 0 bridgehead atoms. The zero-order chi connectivity index (χ0) is 14.7. The predicted molar refractivity (Wildman–Crippen MR) is 97.6 cm³/mol. The van der Waals surface area contributed by atoms with Gasteiger partial charge in [0.1, 0.15) is 5.75 Å². The van der Waals surface area contributed by atoms with Crippen LogP contribution in [0.25, 0.3) is 0 Å². The molecule has 6 heteroatoms. The highest BCUT2D eigenvalue weighted by molar-refractivity contribution is 9.11. The Labute approximate surface area is 151 Å². The van der Waals surface area contributed by atoms with Gasteiger partial charge in [-0.1, -0.05) is 15.9 Å². The standard InChI is InChI=1S/C14H11Br4NO/c1-20-14-11(17)4-8(5-12(14)18)7-19-13-6-9(15)2-3-10(13)16/h2-6,19H,7H2,1H3. The minimum Gasteiger partial charge on any atom is -0.494 e. The van der Waals surface area contributed by atoms with E-state index in [1.54, 1.807) is 7.11 Å². The maximum atomic E-state index is 5.30. The highest BCUT2D eigenvalue weighted by atomic mass is 79.9. The predicted octanol–water partition coefficient (Wildman–Crippen LogP) is 6.36. The van der Waals surface area contributed by atoms with E-state index in [9.17, 15) is 0 Å². The zero-order valence-electron chi connectivity index (χ0n) is 10.5. The quantitative estimate of drug-likeness (QED) is 0.499. The first-order valence-corrected chi connectivity index (χ1v) is 8.89. The summed E-state index contributed by atoms with van der Waals surface area (Å²) in [5, 5.41) is 3.40. The van der Waals surface area contributed by atoms with Crippen LogP contribution in [0.4, 0.5) is 5.69 Å². The summed E-state index contributed by atoms with van der Waals surface area (Å²) in [4.78, 5) is 0. The highest BCUT2D eigenvalue weighted by Gasteiger charge is 2.08. The van der Waals surface area contributed by atoms with Gasteiger partial charge in [-0.25, -0.2) is 0 Å². The molecule has 0 amide bonds. The summed E-state index contributed by atoms with van der Waals surface area (Å²) in [6, 6.07) is 10.1. The van der Waals surface area contributed by atoms with Crippen molar-refractivity contribution in [3.63, 3.8) is 0 Å². The molecule has 1 N–H and O–H groups in total. The smallest absolute Gasteiger partial charge is 0.147 e. The van der Waals surface area contributed by atoms with Crippen molar-refractivity contribution < 1.29 is 4.74 Å². The first kappa shape index (κ1) is 16.3. The van der Waals surface area contributed by atoms with Gasteiger partial charge in [0.05, 0.1) is 16.1 Å². The van der Waals surface area contributed by atoms with Crippen LogP contribution in [0.3, 0.4) is 0 Å². The lowest BCUT2D eigenvalue weighted by molar-refractivity contribution is 0.409. The molecule has 0 fully saturated rings. The van der Waals surface area contributed by atoms with Crippen molar-refractivity contribution >= 4 is 69.4 Å². The van der Waals surface area contributed by atoms with Crippen LogP contribution >= 0.6 is 63.7 Å². The Morgan fingerprint density at radius 3 is 2.20 bits per heavy atom. The Morgan fingerprint density at radius 1 is 0.950 bits per heavy atom. The summed E-state index contributed by atoms with van der Waals surface area (Å²) in [6.07, 6.45) is 0. The largest absolute Gasteiger partial charge is 0.494 e. The van der Waals surface area contributed by atoms with E-state index in [1.807, 2.05) is 30.3 Å². The lowest BCUT2D eigenvalue weighted by Gasteiger charge is -2.12. The van der Waals surface area contributed by atoms with Crippen LogP contribution in [0.2, 0.25) is 0 Å². The Bertz CT molecular complexity index is 608. The van der Waals surface area contributed by atoms with Crippen LogP contribution in [0.5, 0.6) is 5.75 Å². The van der Waals surface area contributed by atoms with Gasteiger partial charge in [0.25, 0.3) is 0 Å². The summed E-state index contributed by atoms with van der Waals surface area (Å²) >= 11 is 14.0. The summed E-state index contributed by atoms with van der Waals surface area (Å²) in [5.74, 6) is 0.803. The number of ether oxygens (including phenoxy) is 1. The van der Waals surface area contributed by atoms with Crippen LogP contribution in [0.15, 0.2) is 48.2 Å². The second-order valence-electron chi connectivity index (χ2n) is 4.07. The summed E-state index contributed by atoms with van der Waals surface area (Å²) in [5.41, 5.74) is 2.19. The monoisotopic (exact) mass is 525 g/mol. The average Bonchev–Trinajstić information content (AvgIpc) is 2.39. The Morgan fingerprint density at radius 2 is 1.60 bits per heavy atom. The maximum Gasteiger partial charge on any atom is 0.147 e. The van der Waals surface area contributed by atoms with Gasteiger partial charge in [0.15, 0.2) is 0 Å². The number of methoxy groups -OCH3 is 1. The second-order valence-corrected chi connectivity index (χ2v) is 7.55. The summed E-state index contributed by atoms with van der Waals surface area (Å²) in [6.45, 7) is 0.718. The molecule has 0 aliphatic carbocycles. The van der Waals surface area contributed by atoms with Gasteiger partial charge >= 0.3 is 0 Å². The third kappa shape index (κ3) is 4.00. The van der Waals surface area contributed by atoms with Gasteiger partial charge in [0, 0.05) is 21.2 Å². The fourth-order valence-electron chi connectivity index (χ4n) is 1.74. The molecule has 0 aromatic heterocycles. The SMILES string of the molecule is COc1c(Br)cc(CNc2cc(Br)ccc2Br)cc1Br. The molecule has 2 aromatic carbocycles. The maximum absolute atomic E-state index is 5.30. The van der Waals surface area contributed by atoms with Crippen molar-refractivity contribution in [3.05, 3.63) is 53.8 Å². The number of rotatable bonds is 4. The van der Waals surface area contributed by atoms with Crippen LogP contribution < -0.4 is 10.1 Å². The van der Waals surface area contributed by atoms with Gasteiger partial charge < -0.3 is 10.1 Å². The van der Waals surface area contributed by atoms with Gasteiger partial charge in [-0.15, -0.1) is 0 Å². The van der Waals surface area contributed by atoms with Gasteiger partial charge in [-0.2, -0.15) is 0 Å². The molecule has 0 atom stereocenters. The molecule has 20 heavy (non-hydrogen) atoms. The molecule has 0 unspecified atom stereocenters. The van der Waals surface area contributed by atoms with E-state index in [0.29, 0.717) is 0 Å². The molecule has 2 aromatic rings. The van der Waals surface area contributed by atoms with Crippen molar-refractivity contribution in [2.45, 2.75) is 6.54 Å². The average molecular weight is 529 g/mol. The molecule has 106 valence electrons. The first-order valence-electron chi connectivity index (χ1n) is 5.72. The van der Waals surface area contributed by atoms with Crippen LogP contribution in [-0.2, 0) is 6.54 Å². The molecular weight excluding hydrogens is 518 g/mol. The van der Waals surface area contributed by atoms with Gasteiger partial charge in [0.2, 0.25) is 0 Å². The van der Waals surface area contributed by atoms with Crippen molar-refractivity contribution in [1.29, 1.82) is 0 Å². The number of benzene rings is 2. The van der Waals surface area contributed by atoms with E-state index in [-0.39, 0.29) is 0 Å². The third-order valence-electron chi connectivity index (χ3n) is 2.67. The Hall–Kier alpha value is -0.0400. The number of hydrogen-bond donors (Lipinski definition) is 1. The van der Waals surface area contributed by atoms with Crippen molar-refractivity contribution in [1.82, 2.24) is 0 Å². The first-order chi connectivity index (χ1) is 9.51. The molecule has 0 spiro atoms. The minimum atomic E-state index is 0.718. The van der Waals surface area contributed by atoms with Crippen molar-refractivity contribution in [2.24, 2.45) is 0 Å².